The van der Waals surface area contributed by atoms with Crippen molar-refractivity contribution in [2.24, 2.45) is 15.4 Å². The van der Waals surface area contributed by atoms with E-state index in [1.54, 1.807) is 51.5 Å². The maximum atomic E-state index is 16.5. The highest BCUT2D eigenvalue weighted by Gasteiger charge is 2.26. The van der Waals surface area contributed by atoms with Crippen LogP contribution in [0.25, 0.3) is 32.7 Å². The predicted molar refractivity (Wildman–Crippen MR) is 155 cm³/mol. The molecule has 1 aliphatic rings. The minimum atomic E-state index is -0.616. The number of pyridine rings is 3. The Balaban J connectivity index is 1.46. The fraction of sp³-hybridized carbons (Fsp3) is 0.207. The third-order valence-corrected chi connectivity index (χ3v) is 7.43. The zero-order chi connectivity index (χ0) is 28.7. The smallest absolute Gasteiger partial charge is 0.229 e. The average Bonchev–Trinajstić information content (AvgIpc) is 3.55. The number of fused-ring (bicyclic) bond motifs is 2. The molecule has 0 aliphatic carbocycles. The number of imidazole rings is 1. The molecule has 0 spiro atoms. The van der Waals surface area contributed by atoms with E-state index in [2.05, 4.69) is 35.2 Å². The number of halogens is 2. The number of carbonyl (C=O) groups excluding carboxylic acids is 1. The molecule has 206 valence electrons. The normalized spacial score (nSPS) is 13.4. The van der Waals surface area contributed by atoms with Crippen LogP contribution in [0, 0.1) is 16.4 Å². The number of nitrogens with one attached hydrogen (secondary N) is 2. The molecule has 0 fully saturated rings. The van der Waals surface area contributed by atoms with E-state index in [0.717, 1.165) is 11.3 Å². The molecule has 5 aromatic rings. The summed E-state index contributed by atoms with van der Waals surface area (Å²) in [4.78, 5) is 42.8. The molecule has 9 nitrogen and oxygen atoms in total. The van der Waals surface area contributed by atoms with Crippen molar-refractivity contribution in [1.29, 1.82) is 0 Å². The van der Waals surface area contributed by atoms with Gasteiger partial charge in [0, 0.05) is 52.1 Å². The molecule has 12 heteroatoms. The second-order valence-corrected chi connectivity index (χ2v) is 11.5. The number of H-pyrrole nitrogens is 1. The molecule has 0 bridgehead atoms. The minimum absolute atomic E-state index is 0.0563. The standard InChI is InChI=1S/C29H24F2N8OS/c1-29(2,3)28(40)37-17-8-16(9-33-11-17)24-23(31)22-15(10-35-24)6-7-32-14-36-26(22)27-38-19-13-34-12-18(25(19)39-27)20-4-5-21(30)41-20/h4-5,8-14H,6-7H2,1-3H3,(H,37,40)(H,38,39). The van der Waals surface area contributed by atoms with Gasteiger partial charge >= 0.3 is 0 Å². The lowest BCUT2D eigenvalue weighted by Gasteiger charge is -2.18. The summed E-state index contributed by atoms with van der Waals surface area (Å²) in [5, 5.41) is 2.51. The molecule has 1 aliphatic heterocycles. The van der Waals surface area contributed by atoms with Crippen molar-refractivity contribution in [3.8, 4) is 21.7 Å². The number of aromatic nitrogens is 5. The van der Waals surface area contributed by atoms with Crippen molar-refractivity contribution in [2.45, 2.75) is 27.2 Å². The Morgan fingerprint density at radius 3 is 2.68 bits per heavy atom. The van der Waals surface area contributed by atoms with Crippen molar-refractivity contribution < 1.29 is 13.6 Å². The van der Waals surface area contributed by atoms with Gasteiger partial charge in [-0.1, -0.05) is 20.8 Å². The van der Waals surface area contributed by atoms with E-state index < -0.39 is 11.2 Å². The fourth-order valence-corrected chi connectivity index (χ4v) is 5.14. The van der Waals surface area contributed by atoms with Gasteiger partial charge in [-0.25, -0.2) is 14.4 Å². The number of thiophene rings is 1. The third-order valence-electron chi connectivity index (χ3n) is 6.52. The highest BCUT2D eigenvalue weighted by Crippen LogP contribution is 2.33. The lowest BCUT2D eigenvalue weighted by atomic mass is 9.95. The Labute approximate surface area is 237 Å². The fourth-order valence-electron chi connectivity index (χ4n) is 4.40. The van der Waals surface area contributed by atoms with Crippen molar-refractivity contribution in [2.75, 3.05) is 11.9 Å². The van der Waals surface area contributed by atoms with Gasteiger partial charge in [0.05, 0.1) is 23.6 Å². The number of hydrogen-bond donors (Lipinski definition) is 2. The number of amides is 1. The molecule has 6 rings (SSSR count). The van der Waals surface area contributed by atoms with Gasteiger partial charge in [0.1, 0.15) is 23.3 Å². The van der Waals surface area contributed by atoms with E-state index in [4.69, 9.17) is 4.98 Å². The van der Waals surface area contributed by atoms with E-state index in [1.807, 2.05) is 0 Å². The molecule has 41 heavy (non-hydrogen) atoms. The van der Waals surface area contributed by atoms with Gasteiger partial charge < -0.3 is 10.3 Å². The van der Waals surface area contributed by atoms with Gasteiger partial charge in [0.15, 0.2) is 16.8 Å². The highest BCUT2D eigenvalue weighted by atomic mass is 32.1. The van der Waals surface area contributed by atoms with Crippen molar-refractivity contribution in [1.82, 2.24) is 24.9 Å². The van der Waals surface area contributed by atoms with E-state index in [-0.39, 0.29) is 28.0 Å². The zero-order valence-electron chi connectivity index (χ0n) is 22.4. The summed E-state index contributed by atoms with van der Waals surface area (Å²) in [6.07, 6.45) is 9.66. The van der Waals surface area contributed by atoms with Crippen LogP contribution in [0.4, 0.5) is 14.5 Å². The molecule has 0 saturated heterocycles. The Bertz CT molecular complexity index is 1870. The first-order valence-corrected chi connectivity index (χ1v) is 13.6. The SMILES string of the molecule is CC(C)(C)C(=O)Nc1cncc(-c2ncc3c(c2F)C(c2nc4c(-c5ccc(F)s5)cncc4[nH]2)=NC=NCC3)c1. The van der Waals surface area contributed by atoms with Gasteiger partial charge in [0.2, 0.25) is 5.91 Å². The summed E-state index contributed by atoms with van der Waals surface area (Å²) in [7, 11) is 0. The van der Waals surface area contributed by atoms with Crippen LogP contribution < -0.4 is 5.32 Å². The number of hydrogen-bond acceptors (Lipinski definition) is 8. The van der Waals surface area contributed by atoms with Crippen LogP contribution in [0.2, 0.25) is 0 Å². The van der Waals surface area contributed by atoms with Crippen LogP contribution in [0.5, 0.6) is 0 Å². The maximum absolute atomic E-state index is 16.5. The first kappa shape index (κ1) is 26.5. The molecule has 0 radical (unpaired) electrons. The monoisotopic (exact) mass is 570 g/mol. The topological polar surface area (TPSA) is 121 Å². The minimum Gasteiger partial charge on any atom is -0.335 e. The Kier molecular flexibility index (Phi) is 6.70. The van der Waals surface area contributed by atoms with Crippen molar-refractivity contribution in [3.05, 3.63) is 77.1 Å². The van der Waals surface area contributed by atoms with E-state index in [9.17, 15) is 9.18 Å². The van der Waals surface area contributed by atoms with Crippen LogP contribution in [0.3, 0.4) is 0 Å². The first-order valence-electron chi connectivity index (χ1n) is 12.8. The van der Waals surface area contributed by atoms with Gasteiger partial charge in [-0.3, -0.25) is 24.7 Å². The molecular weight excluding hydrogens is 546 g/mol. The molecule has 5 aromatic heterocycles. The molecular formula is C29H24F2N8OS. The molecule has 0 atom stereocenters. The Morgan fingerprint density at radius 1 is 1.07 bits per heavy atom. The maximum Gasteiger partial charge on any atom is 0.229 e. The summed E-state index contributed by atoms with van der Waals surface area (Å²) in [6, 6.07) is 4.69. The molecule has 0 saturated carbocycles. The molecule has 0 aromatic carbocycles. The highest BCUT2D eigenvalue weighted by molar-refractivity contribution is 7.14. The molecule has 2 N–H and O–H groups in total. The molecule has 1 amide bonds. The number of aliphatic imine (C=N–C) groups is 2. The van der Waals surface area contributed by atoms with E-state index >= 15 is 4.39 Å². The summed E-state index contributed by atoms with van der Waals surface area (Å²) < 4.78 is 30.3. The summed E-state index contributed by atoms with van der Waals surface area (Å²) in [6.45, 7) is 5.82. The van der Waals surface area contributed by atoms with Gasteiger partial charge in [-0.05, 0) is 30.2 Å². The van der Waals surface area contributed by atoms with Crippen molar-refractivity contribution >= 4 is 46.0 Å². The predicted octanol–water partition coefficient (Wildman–Crippen LogP) is 5.83. The molecule has 6 heterocycles. The first-order chi connectivity index (χ1) is 19.7. The quantitative estimate of drug-likeness (QED) is 0.282. The second-order valence-electron chi connectivity index (χ2n) is 10.5. The van der Waals surface area contributed by atoms with Crippen LogP contribution >= 0.6 is 11.3 Å². The van der Waals surface area contributed by atoms with Crippen LogP contribution in [-0.4, -0.2) is 49.4 Å². The lowest BCUT2D eigenvalue weighted by molar-refractivity contribution is -0.123. The lowest BCUT2D eigenvalue weighted by Crippen LogP contribution is -2.27. The van der Waals surface area contributed by atoms with Crippen LogP contribution in [0.1, 0.15) is 37.7 Å². The third kappa shape index (κ3) is 5.13. The molecule has 0 unspecified atom stereocenters. The van der Waals surface area contributed by atoms with Crippen molar-refractivity contribution in [3.63, 3.8) is 0 Å². The largest absolute Gasteiger partial charge is 0.335 e. The number of carbonyl (C=O) groups is 1. The summed E-state index contributed by atoms with van der Waals surface area (Å²) in [5.41, 5.74) is 3.16. The zero-order valence-corrected chi connectivity index (χ0v) is 23.2. The summed E-state index contributed by atoms with van der Waals surface area (Å²) >= 11 is 0.991. The number of nitrogens with zero attached hydrogens (tertiary/aromatic N) is 6. The average molecular weight is 571 g/mol. The van der Waals surface area contributed by atoms with E-state index in [1.165, 1.54) is 24.8 Å². The Morgan fingerprint density at radius 2 is 1.90 bits per heavy atom. The summed E-state index contributed by atoms with van der Waals surface area (Å²) in [5.74, 6) is -0.487. The second kappa shape index (κ2) is 10.4. The number of anilines is 1. The number of rotatable bonds is 4. The van der Waals surface area contributed by atoms with E-state index in [0.29, 0.717) is 57.1 Å². The Hall–Kier alpha value is -4.71. The van der Waals surface area contributed by atoms with Crippen LogP contribution in [-0.2, 0) is 11.2 Å². The number of aromatic amines is 1. The van der Waals surface area contributed by atoms with Gasteiger partial charge in [-0.15, -0.1) is 11.3 Å². The van der Waals surface area contributed by atoms with Gasteiger partial charge in [0.25, 0.3) is 0 Å². The van der Waals surface area contributed by atoms with Gasteiger partial charge in [-0.2, -0.15) is 4.39 Å². The van der Waals surface area contributed by atoms with Crippen LogP contribution in [0.15, 0.2) is 59.2 Å².